The van der Waals surface area contributed by atoms with Crippen LogP contribution >= 0.6 is 0 Å². The van der Waals surface area contributed by atoms with Gasteiger partial charge >= 0.3 is 14.2 Å². The summed E-state index contributed by atoms with van der Waals surface area (Å²) in [7, 11) is -2.69. The van der Waals surface area contributed by atoms with Crippen molar-refractivity contribution in [2.24, 2.45) is 0 Å². The summed E-state index contributed by atoms with van der Waals surface area (Å²) < 4.78 is 0. The standard InChI is InChI=1S/2C7H9BO2/c2*1-6-2-4-7(5-3-6)8(9)10/h2*2-5,9-10H,1H3. The van der Waals surface area contributed by atoms with E-state index >= 15 is 0 Å². The largest absolute Gasteiger partial charge is 0.488 e. The molecule has 0 bridgehead atoms. The summed E-state index contributed by atoms with van der Waals surface area (Å²) in [5, 5.41) is 34.7. The molecule has 2 rings (SSSR count). The number of hydrogen-bond donors (Lipinski definition) is 4. The zero-order chi connectivity index (χ0) is 15.1. The maximum atomic E-state index is 8.67. The summed E-state index contributed by atoms with van der Waals surface area (Å²) in [6.07, 6.45) is 0. The molecular weight excluding hydrogens is 254 g/mol. The number of benzene rings is 2. The molecule has 0 aliphatic heterocycles. The SMILES string of the molecule is Cc1ccc(B(O)O)cc1.Cc1ccc(B(O)O)cc1. The van der Waals surface area contributed by atoms with Crippen molar-refractivity contribution in [2.45, 2.75) is 13.8 Å². The summed E-state index contributed by atoms with van der Waals surface area (Å²) in [5.41, 5.74) is 3.30. The van der Waals surface area contributed by atoms with Gasteiger partial charge in [0.1, 0.15) is 0 Å². The fraction of sp³-hybridized carbons (Fsp3) is 0.143. The van der Waals surface area contributed by atoms with E-state index in [0.717, 1.165) is 11.1 Å². The molecule has 0 unspecified atom stereocenters. The Labute approximate surface area is 119 Å². The first-order valence-corrected chi connectivity index (χ1v) is 6.25. The van der Waals surface area contributed by atoms with Crippen LogP contribution in [0.3, 0.4) is 0 Å². The van der Waals surface area contributed by atoms with Crippen LogP contribution in [0.1, 0.15) is 11.1 Å². The van der Waals surface area contributed by atoms with Crippen LogP contribution in [-0.2, 0) is 0 Å². The van der Waals surface area contributed by atoms with Gasteiger partial charge in [0.15, 0.2) is 0 Å². The van der Waals surface area contributed by atoms with Crippen LogP contribution in [0.25, 0.3) is 0 Å². The van der Waals surface area contributed by atoms with Gasteiger partial charge in [0.05, 0.1) is 0 Å². The van der Waals surface area contributed by atoms with E-state index < -0.39 is 14.2 Å². The summed E-state index contributed by atoms with van der Waals surface area (Å²) in [4.78, 5) is 0. The van der Waals surface area contributed by atoms with Crippen LogP contribution < -0.4 is 10.9 Å². The maximum absolute atomic E-state index is 8.67. The molecular formula is C14H18B2O4. The molecule has 0 fully saturated rings. The van der Waals surface area contributed by atoms with E-state index in [2.05, 4.69) is 0 Å². The lowest BCUT2D eigenvalue weighted by Crippen LogP contribution is -2.29. The quantitative estimate of drug-likeness (QED) is 0.548. The predicted octanol–water partition coefficient (Wildman–Crippen LogP) is -0.650. The number of aryl methyl sites for hydroxylation is 2. The topological polar surface area (TPSA) is 80.9 Å². The highest BCUT2D eigenvalue weighted by atomic mass is 16.4. The Bertz CT molecular complexity index is 460. The summed E-state index contributed by atoms with van der Waals surface area (Å²) in [6, 6.07) is 14.1. The molecule has 0 amide bonds. The highest BCUT2D eigenvalue weighted by Crippen LogP contribution is 1.93. The molecule has 0 spiro atoms. The van der Waals surface area contributed by atoms with Crippen molar-refractivity contribution in [3.05, 3.63) is 59.7 Å². The second kappa shape index (κ2) is 7.87. The molecule has 0 saturated carbocycles. The second-order valence-electron chi connectivity index (χ2n) is 4.57. The lowest BCUT2D eigenvalue weighted by atomic mass is 9.80. The average molecular weight is 272 g/mol. The van der Waals surface area contributed by atoms with E-state index in [1.54, 1.807) is 24.3 Å². The van der Waals surface area contributed by atoms with E-state index in [-0.39, 0.29) is 0 Å². The van der Waals surface area contributed by atoms with E-state index in [1.165, 1.54) is 0 Å². The highest BCUT2D eigenvalue weighted by molar-refractivity contribution is 6.58. The smallest absolute Gasteiger partial charge is 0.423 e. The molecule has 0 saturated heterocycles. The molecule has 0 atom stereocenters. The monoisotopic (exact) mass is 272 g/mol. The summed E-state index contributed by atoms with van der Waals surface area (Å²) in [5.74, 6) is 0. The van der Waals surface area contributed by atoms with Crippen LogP contribution in [0, 0.1) is 13.8 Å². The number of rotatable bonds is 2. The van der Waals surface area contributed by atoms with Gasteiger partial charge in [0, 0.05) is 0 Å². The molecule has 0 heterocycles. The first-order valence-electron chi connectivity index (χ1n) is 6.25. The lowest BCUT2D eigenvalue weighted by Gasteiger charge is -1.97. The van der Waals surface area contributed by atoms with Crippen molar-refractivity contribution in [2.75, 3.05) is 0 Å². The molecule has 0 radical (unpaired) electrons. The zero-order valence-corrected chi connectivity index (χ0v) is 11.6. The van der Waals surface area contributed by atoms with Crippen molar-refractivity contribution in [1.82, 2.24) is 0 Å². The Hall–Kier alpha value is -1.59. The van der Waals surface area contributed by atoms with Gasteiger partial charge in [-0.05, 0) is 24.8 Å². The lowest BCUT2D eigenvalue weighted by molar-refractivity contribution is 0.424. The minimum atomic E-state index is -1.35. The van der Waals surface area contributed by atoms with Crippen LogP contribution in [0.5, 0.6) is 0 Å². The normalized spacial score (nSPS) is 9.50. The summed E-state index contributed by atoms with van der Waals surface area (Å²) >= 11 is 0. The third kappa shape index (κ3) is 5.59. The molecule has 4 N–H and O–H groups in total. The fourth-order valence-electron chi connectivity index (χ4n) is 1.48. The fourth-order valence-corrected chi connectivity index (χ4v) is 1.48. The van der Waals surface area contributed by atoms with Gasteiger partial charge in [0.25, 0.3) is 0 Å². The molecule has 0 aromatic heterocycles. The minimum Gasteiger partial charge on any atom is -0.423 e. The molecule has 20 heavy (non-hydrogen) atoms. The van der Waals surface area contributed by atoms with Gasteiger partial charge < -0.3 is 20.1 Å². The first kappa shape index (κ1) is 16.5. The molecule has 6 heteroatoms. The Morgan fingerprint density at radius 3 is 1.00 bits per heavy atom. The van der Waals surface area contributed by atoms with Gasteiger partial charge in [-0.3, -0.25) is 0 Å². The van der Waals surface area contributed by atoms with Gasteiger partial charge in [-0.1, -0.05) is 59.7 Å². The molecule has 2 aromatic rings. The van der Waals surface area contributed by atoms with Crippen LogP contribution in [0.15, 0.2) is 48.5 Å². The van der Waals surface area contributed by atoms with Gasteiger partial charge in [-0.25, -0.2) is 0 Å². The Kier molecular flexibility index (Phi) is 6.48. The van der Waals surface area contributed by atoms with E-state index in [4.69, 9.17) is 20.1 Å². The van der Waals surface area contributed by atoms with Crippen molar-refractivity contribution >= 4 is 25.2 Å². The Morgan fingerprint density at radius 2 is 0.800 bits per heavy atom. The van der Waals surface area contributed by atoms with Gasteiger partial charge in [-0.2, -0.15) is 0 Å². The zero-order valence-electron chi connectivity index (χ0n) is 11.6. The Balaban J connectivity index is 0.000000200. The van der Waals surface area contributed by atoms with Crippen molar-refractivity contribution in [3.8, 4) is 0 Å². The third-order valence-electron chi connectivity index (χ3n) is 2.75. The average Bonchev–Trinajstić information content (AvgIpc) is 2.40. The van der Waals surface area contributed by atoms with Gasteiger partial charge in [-0.15, -0.1) is 0 Å². The van der Waals surface area contributed by atoms with Crippen molar-refractivity contribution in [1.29, 1.82) is 0 Å². The molecule has 2 aromatic carbocycles. The molecule has 104 valence electrons. The third-order valence-corrected chi connectivity index (χ3v) is 2.75. The highest BCUT2D eigenvalue weighted by Gasteiger charge is 2.09. The van der Waals surface area contributed by atoms with E-state index in [9.17, 15) is 0 Å². The minimum absolute atomic E-state index is 0.533. The van der Waals surface area contributed by atoms with Gasteiger partial charge in [0.2, 0.25) is 0 Å². The summed E-state index contributed by atoms with van der Waals surface area (Å²) in [6.45, 7) is 3.90. The molecule has 4 nitrogen and oxygen atoms in total. The van der Waals surface area contributed by atoms with Crippen molar-refractivity contribution < 1.29 is 20.1 Å². The molecule has 0 aliphatic carbocycles. The van der Waals surface area contributed by atoms with E-state index in [0.29, 0.717) is 10.9 Å². The maximum Gasteiger partial charge on any atom is 0.488 e. The van der Waals surface area contributed by atoms with Crippen molar-refractivity contribution in [3.63, 3.8) is 0 Å². The van der Waals surface area contributed by atoms with Crippen LogP contribution in [-0.4, -0.2) is 34.3 Å². The second-order valence-corrected chi connectivity index (χ2v) is 4.57. The molecule has 0 aliphatic rings. The predicted molar refractivity (Wildman–Crippen MR) is 82.0 cm³/mol. The van der Waals surface area contributed by atoms with E-state index in [1.807, 2.05) is 38.1 Å². The Morgan fingerprint density at radius 1 is 0.550 bits per heavy atom. The number of hydrogen-bond acceptors (Lipinski definition) is 4. The first-order chi connectivity index (χ1) is 9.40. The van der Waals surface area contributed by atoms with Crippen LogP contribution in [0.2, 0.25) is 0 Å². The van der Waals surface area contributed by atoms with Crippen LogP contribution in [0.4, 0.5) is 0 Å².